The molecule has 0 fully saturated rings. The average molecular weight is 275 g/mol. The molecule has 4 nitrogen and oxygen atoms in total. The van der Waals surface area contributed by atoms with E-state index in [1.807, 2.05) is 0 Å². The molecule has 0 spiro atoms. The number of hydrogen-bond donors (Lipinski definition) is 0. The summed E-state index contributed by atoms with van der Waals surface area (Å²) in [6.45, 7) is 0. The van der Waals surface area contributed by atoms with Crippen LogP contribution in [0.2, 0.25) is 0 Å². The summed E-state index contributed by atoms with van der Waals surface area (Å²) in [7, 11) is 1.14. The SMILES string of the molecule is COC(=O)Cc1nc(C#N)c(CCl)cc1C(F)F. The van der Waals surface area contributed by atoms with Crippen LogP contribution in [-0.4, -0.2) is 18.1 Å². The molecule has 7 heteroatoms. The zero-order chi connectivity index (χ0) is 13.7. The van der Waals surface area contributed by atoms with Gasteiger partial charge in [-0.2, -0.15) is 5.26 Å². The largest absolute Gasteiger partial charge is 0.469 e. The monoisotopic (exact) mass is 274 g/mol. The van der Waals surface area contributed by atoms with Crippen molar-refractivity contribution in [1.29, 1.82) is 5.26 Å². The molecule has 0 N–H and O–H groups in total. The van der Waals surface area contributed by atoms with Crippen molar-refractivity contribution in [2.45, 2.75) is 18.7 Å². The van der Waals surface area contributed by atoms with Crippen LogP contribution in [0.1, 0.15) is 28.9 Å². The van der Waals surface area contributed by atoms with E-state index in [4.69, 9.17) is 16.9 Å². The summed E-state index contributed by atoms with van der Waals surface area (Å²) in [5.74, 6) is -0.805. The summed E-state index contributed by atoms with van der Waals surface area (Å²) in [6, 6.07) is 2.85. The van der Waals surface area contributed by atoms with Gasteiger partial charge in [0, 0.05) is 11.1 Å². The molecule has 1 aromatic rings. The van der Waals surface area contributed by atoms with Gasteiger partial charge in [-0.1, -0.05) is 0 Å². The maximum absolute atomic E-state index is 12.8. The van der Waals surface area contributed by atoms with Crippen molar-refractivity contribution in [3.63, 3.8) is 0 Å². The van der Waals surface area contributed by atoms with Gasteiger partial charge in [0.2, 0.25) is 0 Å². The average Bonchev–Trinajstić information content (AvgIpc) is 2.37. The number of methoxy groups -OCH3 is 1. The van der Waals surface area contributed by atoms with E-state index in [2.05, 4.69) is 9.72 Å². The molecule has 0 amide bonds. The second-order valence-electron chi connectivity index (χ2n) is 3.33. The molecule has 0 saturated carbocycles. The molecular weight excluding hydrogens is 266 g/mol. The molecule has 0 aromatic carbocycles. The Hall–Kier alpha value is -1.74. The fourth-order valence-electron chi connectivity index (χ4n) is 1.35. The van der Waals surface area contributed by atoms with Gasteiger partial charge in [0.25, 0.3) is 6.43 Å². The van der Waals surface area contributed by atoms with Gasteiger partial charge in [-0.25, -0.2) is 13.8 Å². The summed E-state index contributed by atoms with van der Waals surface area (Å²) in [5, 5.41) is 8.82. The zero-order valence-corrected chi connectivity index (χ0v) is 10.2. The molecule has 0 unspecified atom stereocenters. The van der Waals surface area contributed by atoms with Crippen molar-refractivity contribution in [3.8, 4) is 6.07 Å². The second kappa shape index (κ2) is 6.26. The Morgan fingerprint density at radius 3 is 2.78 bits per heavy atom. The third kappa shape index (κ3) is 3.14. The maximum atomic E-state index is 12.8. The van der Waals surface area contributed by atoms with Gasteiger partial charge in [0.15, 0.2) is 0 Å². The highest BCUT2D eigenvalue weighted by Crippen LogP contribution is 2.25. The van der Waals surface area contributed by atoms with Crippen molar-refractivity contribution >= 4 is 17.6 Å². The first-order valence-electron chi connectivity index (χ1n) is 4.87. The summed E-state index contributed by atoms with van der Waals surface area (Å²) in [5.41, 5.74) is -0.422. The second-order valence-corrected chi connectivity index (χ2v) is 3.60. The Bertz CT molecular complexity index is 501. The van der Waals surface area contributed by atoms with Crippen LogP contribution < -0.4 is 0 Å². The van der Waals surface area contributed by atoms with Crippen LogP contribution in [0.5, 0.6) is 0 Å². The van der Waals surface area contributed by atoms with Crippen LogP contribution in [0.3, 0.4) is 0 Å². The number of alkyl halides is 3. The number of nitrogens with zero attached hydrogens (tertiary/aromatic N) is 2. The molecule has 0 atom stereocenters. The highest BCUT2D eigenvalue weighted by atomic mass is 35.5. The molecule has 18 heavy (non-hydrogen) atoms. The zero-order valence-electron chi connectivity index (χ0n) is 9.41. The maximum Gasteiger partial charge on any atom is 0.311 e. The van der Waals surface area contributed by atoms with Crippen molar-refractivity contribution < 1.29 is 18.3 Å². The van der Waals surface area contributed by atoms with E-state index in [1.165, 1.54) is 0 Å². The topological polar surface area (TPSA) is 63.0 Å². The number of carbonyl (C=O) groups is 1. The smallest absolute Gasteiger partial charge is 0.311 e. The summed E-state index contributed by atoms with van der Waals surface area (Å²) < 4.78 is 30.0. The number of carbonyl (C=O) groups excluding carboxylic acids is 1. The summed E-state index contributed by atoms with van der Waals surface area (Å²) >= 11 is 5.55. The Balaban J connectivity index is 3.30. The van der Waals surface area contributed by atoms with Crippen molar-refractivity contribution in [2.75, 3.05) is 7.11 Å². The minimum Gasteiger partial charge on any atom is -0.469 e. The van der Waals surface area contributed by atoms with Gasteiger partial charge in [-0.3, -0.25) is 4.79 Å². The van der Waals surface area contributed by atoms with E-state index in [1.54, 1.807) is 6.07 Å². The Morgan fingerprint density at radius 1 is 1.67 bits per heavy atom. The number of esters is 1. The van der Waals surface area contributed by atoms with Crippen LogP contribution in [-0.2, 0) is 21.8 Å². The van der Waals surface area contributed by atoms with Crippen LogP contribution in [0, 0.1) is 11.3 Å². The first-order chi connectivity index (χ1) is 8.53. The van der Waals surface area contributed by atoms with Gasteiger partial charge in [0.1, 0.15) is 11.8 Å². The lowest BCUT2D eigenvalue weighted by atomic mass is 10.1. The summed E-state index contributed by atoms with van der Waals surface area (Å²) in [6.07, 6.45) is -3.21. The molecule has 1 aromatic heterocycles. The van der Waals surface area contributed by atoms with Gasteiger partial charge in [0.05, 0.1) is 25.1 Å². The third-order valence-corrected chi connectivity index (χ3v) is 2.53. The highest BCUT2D eigenvalue weighted by molar-refractivity contribution is 6.17. The Morgan fingerprint density at radius 2 is 2.33 bits per heavy atom. The van der Waals surface area contributed by atoms with Gasteiger partial charge in [-0.15, -0.1) is 11.6 Å². The quantitative estimate of drug-likeness (QED) is 0.624. The minimum absolute atomic E-state index is 0.0618. The van der Waals surface area contributed by atoms with E-state index in [0.717, 1.165) is 13.2 Å². The number of rotatable bonds is 4. The molecule has 0 aliphatic carbocycles. The first kappa shape index (κ1) is 14.3. The molecular formula is C11H9ClF2N2O2. The predicted octanol–water partition coefficient (Wildman–Crippen LogP) is 2.35. The number of ether oxygens (including phenoxy) is 1. The normalized spacial score (nSPS) is 10.2. The van der Waals surface area contributed by atoms with Crippen LogP contribution >= 0.6 is 11.6 Å². The minimum atomic E-state index is -2.80. The van der Waals surface area contributed by atoms with Gasteiger partial charge >= 0.3 is 5.97 Å². The van der Waals surface area contributed by atoms with E-state index >= 15 is 0 Å². The number of pyridine rings is 1. The van der Waals surface area contributed by atoms with E-state index < -0.39 is 24.4 Å². The molecule has 1 rings (SSSR count). The fourth-order valence-corrected chi connectivity index (χ4v) is 1.55. The Labute approximate surface area is 107 Å². The highest BCUT2D eigenvalue weighted by Gasteiger charge is 2.20. The standard InChI is InChI=1S/C11H9ClF2N2O2/c1-18-10(17)3-8-7(11(13)14)2-6(4-12)9(5-15)16-8/h2,11H,3-4H2,1H3. The van der Waals surface area contributed by atoms with E-state index in [-0.39, 0.29) is 22.8 Å². The van der Waals surface area contributed by atoms with E-state index in [0.29, 0.717) is 0 Å². The van der Waals surface area contributed by atoms with Gasteiger partial charge in [-0.05, 0) is 6.07 Å². The number of aromatic nitrogens is 1. The van der Waals surface area contributed by atoms with E-state index in [9.17, 15) is 13.6 Å². The molecule has 96 valence electrons. The van der Waals surface area contributed by atoms with Crippen molar-refractivity contribution in [2.24, 2.45) is 0 Å². The number of nitriles is 1. The molecule has 0 aliphatic rings. The van der Waals surface area contributed by atoms with Crippen LogP contribution in [0.4, 0.5) is 8.78 Å². The fraction of sp³-hybridized carbons (Fsp3) is 0.364. The van der Waals surface area contributed by atoms with Crippen LogP contribution in [0.15, 0.2) is 6.07 Å². The lowest BCUT2D eigenvalue weighted by Crippen LogP contribution is -2.11. The lowest BCUT2D eigenvalue weighted by molar-refractivity contribution is -0.139. The number of hydrogen-bond acceptors (Lipinski definition) is 4. The molecule has 1 heterocycles. The first-order valence-corrected chi connectivity index (χ1v) is 5.40. The molecule has 0 saturated heterocycles. The van der Waals surface area contributed by atoms with Gasteiger partial charge < -0.3 is 4.74 Å². The number of halogens is 3. The molecule has 0 aliphatic heterocycles. The Kier molecular flexibility index (Phi) is 4.98. The molecule has 0 bridgehead atoms. The predicted molar refractivity (Wildman–Crippen MR) is 59.2 cm³/mol. The molecule has 0 radical (unpaired) electrons. The van der Waals surface area contributed by atoms with Crippen molar-refractivity contribution in [3.05, 3.63) is 28.6 Å². The lowest BCUT2D eigenvalue weighted by Gasteiger charge is -2.10. The third-order valence-electron chi connectivity index (χ3n) is 2.24. The van der Waals surface area contributed by atoms with Crippen LogP contribution in [0.25, 0.3) is 0 Å². The summed E-state index contributed by atoms with van der Waals surface area (Å²) in [4.78, 5) is 14.8. The van der Waals surface area contributed by atoms with Crippen molar-refractivity contribution in [1.82, 2.24) is 4.98 Å².